The number of rotatable bonds is 5. The Bertz CT molecular complexity index is 956. The van der Waals surface area contributed by atoms with Crippen LogP contribution < -0.4 is 10.6 Å². The van der Waals surface area contributed by atoms with Gasteiger partial charge in [0.05, 0.1) is 5.52 Å². The number of methoxy groups -OCH3 is 1. The van der Waals surface area contributed by atoms with Crippen LogP contribution in [-0.2, 0) is 9.53 Å². The number of fused-ring (bicyclic) bond motifs is 1. The number of ether oxygens (including phenoxy) is 1. The van der Waals surface area contributed by atoms with Gasteiger partial charge in [0.2, 0.25) is 0 Å². The number of amides is 2. The highest BCUT2D eigenvalue weighted by Gasteiger charge is 2.13. The maximum absolute atomic E-state index is 12.5. The quantitative estimate of drug-likeness (QED) is 0.739. The highest BCUT2D eigenvalue weighted by molar-refractivity contribution is 6.04. The van der Waals surface area contributed by atoms with Crippen LogP contribution >= 0.6 is 0 Å². The van der Waals surface area contributed by atoms with Gasteiger partial charge in [-0.1, -0.05) is 30.3 Å². The van der Waals surface area contributed by atoms with Crippen LogP contribution in [-0.4, -0.2) is 30.0 Å². The first-order valence-corrected chi connectivity index (χ1v) is 8.17. The molecular weight excluding hydrogens is 330 g/mol. The van der Waals surface area contributed by atoms with Crippen LogP contribution in [0.15, 0.2) is 60.7 Å². The Morgan fingerprint density at radius 3 is 2.46 bits per heavy atom. The normalized spacial score (nSPS) is 11.8. The molecule has 0 bridgehead atoms. The molecule has 2 N–H and O–H groups in total. The van der Waals surface area contributed by atoms with E-state index >= 15 is 0 Å². The number of anilines is 2. The maximum Gasteiger partial charge on any atom is 0.274 e. The van der Waals surface area contributed by atoms with E-state index < -0.39 is 6.10 Å². The van der Waals surface area contributed by atoms with Gasteiger partial charge in [0.15, 0.2) is 0 Å². The van der Waals surface area contributed by atoms with E-state index in [9.17, 15) is 9.59 Å². The zero-order valence-corrected chi connectivity index (χ0v) is 14.5. The van der Waals surface area contributed by atoms with Crippen LogP contribution in [0.2, 0.25) is 0 Å². The second-order valence-corrected chi connectivity index (χ2v) is 5.79. The fraction of sp³-hybridized carbons (Fsp3) is 0.150. The third-order valence-corrected chi connectivity index (χ3v) is 3.94. The first-order chi connectivity index (χ1) is 12.6. The molecule has 132 valence electrons. The Kier molecular flexibility index (Phi) is 5.24. The van der Waals surface area contributed by atoms with E-state index in [2.05, 4.69) is 15.6 Å². The molecule has 3 rings (SSSR count). The summed E-state index contributed by atoms with van der Waals surface area (Å²) in [6, 6.07) is 18.1. The molecule has 0 spiro atoms. The maximum atomic E-state index is 12.5. The zero-order valence-electron chi connectivity index (χ0n) is 14.5. The predicted molar refractivity (Wildman–Crippen MR) is 101 cm³/mol. The van der Waals surface area contributed by atoms with E-state index in [1.807, 2.05) is 30.3 Å². The second kappa shape index (κ2) is 7.76. The minimum Gasteiger partial charge on any atom is -0.372 e. The minimum atomic E-state index is -0.560. The average Bonchev–Trinajstić information content (AvgIpc) is 2.67. The largest absolute Gasteiger partial charge is 0.372 e. The molecule has 26 heavy (non-hydrogen) atoms. The van der Waals surface area contributed by atoms with Gasteiger partial charge < -0.3 is 15.4 Å². The summed E-state index contributed by atoms with van der Waals surface area (Å²) in [4.78, 5) is 28.7. The van der Waals surface area contributed by atoms with Gasteiger partial charge in [-0.25, -0.2) is 4.98 Å². The predicted octanol–water partition coefficient (Wildman–Crippen LogP) is 3.46. The van der Waals surface area contributed by atoms with Crippen LogP contribution in [0.4, 0.5) is 11.4 Å². The number of carbonyl (C=O) groups excluding carboxylic acids is 2. The lowest BCUT2D eigenvalue weighted by Crippen LogP contribution is -2.26. The summed E-state index contributed by atoms with van der Waals surface area (Å²) < 4.78 is 4.98. The monoisotopic (exact) mass is 349 g/mol. The fourth-order valence-corrected chi connectivity index (χ4v) is 2.41. The number of pyridine rings is 1. The average molecular weight is 349 g/mol. The van der Waals surface area contributed by atoms with Gasteiger partial charge in [-0.2, -0.15) is 0 Å². The van der Waals surface area contributed by atoms with Crippen LogP contribution in [0, 0.1) is 0 Å². The molecule has 1 aromatic heterocycles. The molecule has 0 aliphatic rings. The second-order valence-electron chi connectivity index (χ2n) is 5.79. The molecule has 0 aliphatic heterocycles. The molecular formula is C20H19N3O3. The number of aromatic nitrogens is 1. The van der Waals surface area contributed by atoms with Gasteiger partial charge in [-0.05, 0) is 37.3 Å². The Hall–Kier alpha value is -3.25. The number of hydrogen-bond donors (Lipinski definition) is 2. The van der Waals surface area contributed by atoms with Gasteiger partial charge in [0.1, 0.15) is 11.8 Å². The van der Waals surface area contributed by atoms with E-state index in [-0.39, 0.29) is 11.8 Å². The summed E-state index contributed by atoms with van der Waals surface area (Å²) in [6.45, 7) is 1.66. The summed E-state index contributed by atoms with van der Waals surface area (Å²) in [5.74, 6) is -0.573. The summed E-state index contributed by atoms with van der Waals surface area (Å²) in [6.07, 6.45) is -0.560. The lowest BCUT2D eigenvalue weighted by Gasteiger charge is -2.12. The van der Waals surface area contributed by atoms with Crippen LogP contribution in [0.1, 0.15) is 17.4 Å². The third-order valence-electron chi connectivity index (χ3n) is 3.94. The van der Waals surface area contributed by atoms with Crippen LogP contribution in [0.5, 0.6) is 0 Å². The topological polar surface area (TPSA) is 80.3 Å². The number of carbonyl (C=O) groups is 2. The number of nitrogens with zero attached hydrogens (tertiary/aromatic N) is 1. The van der Waals surface area contributed by atoms with Crippen molar-refractivity contribution < 1.29 is 14.3 Å². The van der Waals surface area contributed by atoms with E-state index in [0.717, 1.165) is 10.9 Å². The van der Waals surface area contributed by atoms with Crippen molar-refractivity contribution in [2.75, 3.05) is 17.7 Å². The smallest absolute Gasteiger partial charge is 0.274 e. The zero-order chi connectivity index (χ0) is 18.5. The SMILES string of the molecule is COC(C)C(=O)Nc1cccc(NC(=O)c2ccc3ccccc3n2)c1. The molecule has 0 aliphatic carbocycles. The van der Waals surface area contributed by atoms with Crippen molar-refractivity contribution in [1.82, 2.24) is 4.98 Å². The fourth-order valence-electron chi connectivity index (χ4n) is 2.41. The molecule has 2 aromatic carbocycles. The molecule has 1 atom stereocenters. The van der Waals surface area contributed by atoms with Crippen LogP contribution in [0.25, 0.3) is 10.9 Å². The molecule has 1 unspecified atom stereocenters. The molecule has 0 fully saturated rings. The van der Waals surface area contributed by atoms with E-state index in [1.54, 1.807) is 37.3 Å². The molecule has 1 heterocycles. The number of para-hydroxylation sites is 1. The van der Waals surface area contributed by atoms with Crippen molar-refractivity contribution in [2.24, 2.45) is 0 Å². The summed E-state index contributed by atoms with van der Waals surface area (Å²) >= 11 is 0. The molecule has 6 heteroatoms. The third kappa shape index (κ3) is 4.04. The summed E-state index contributed by atoms with van der Waals surface area (Å²) in [5.41, 5.74) is 2.22. The Morgan fingerprint density at radius 1 is 0.962 bits per heavy atom. The van der Waals surface area contributed by atoms with Crippen molar-refractivity contribution in [3.63, 3.8) is 0 Å². The minimum absolute atomic E-state index is 0.257. The Balaban J connectivity index is 1.74. The van der Waals surface area contributed by atoms with Gasteiger partial charge in [0, 0.05) is 23.9 Å². The lowest BCUT2D eigenvalue weighted by atomic mass is 10.2. The Labute approximate surface area is 151 Å². The van der Waals surface area contributed by atoms with Gasteiger partial charge in [-0.3, -0.25) is 9.59 Å². The molecule has 0 saturated carbocycles. The molecule has 0 saturated heterocycles. The highest BCUT2D eigenvalue weighted by atomic mass is 16.5. The highest BCUT2D eigenvalue weighted by Crippen LogP contribution is 2.17. The standard InChI is InChI=1S/C20H19N3O3/c1-13(26-2)19(24)21-15-7-5-8-16(12-15)22-20(25)18-11-10-14-6-3-4-9-17(14)23-18/h3-13H,1-2H3,(H,21,24)(H,22,25). The van der Waals surface area contributed by atoms with E-state index in [4.69, 9.17) is 4.74 Å². The molecule has 0 radical (unpaired) electrons. The summed E-state index contributed by atoms with van der Waals surface area (Å²) in [7, 11) is 1.47. The first-order valence-electron chi connectivity index (χ1n) is 8.17. The van der Waals surface area contributed by atoms with Crippen molar-refractivity contribution in [2.45, 2.75) is 13.0 Å². The Morgan fingerprint density at radius 2 is 1.69 bits per heavy atom. The number of benzene rings is 2. The van der Waals surface area contributed by atoms with Crippen LogP contribution in [0.3, 0.4) is 0 Å². The number of hydrogen-bond acceptors (Lipinski definition) is 4. The molecule has 2 amide bonds. The van der Waals surface area contributed by atoms with E-state index in [0.29, 0.717) is 17.1 Å². The van der Waals surface area contributed by atoms with E-state index in [1.165, 1.54) is 7.11 Å². The number of nitrogens with one attached hydrogen (secondary N) is 2. The van der Waals surface area contributed by atoms with Crippen molar-refractivity contribution in [1.29, 1.82) is 0 Å². The molecule has 3 aromatic rings. The molecule has 6 nitrogen and oxygen atoms in total. The van der Waals surface area contributed by atoms with Gasteiger partial charge in [0.25, 0.3) is 11.8 Å². The first kappa shape index (κ1) is 17.6. The summed E-state index contributed by atoms with van der Waals surface area (Å²) in [5, 5.41) is 6.51. The van der Waals surface area contributed by atoms with Crippen molar-refractivity contribution in [3.05, 3.63) is 66.4 Å². The van der Waals surface area contributed by atoms with Gasteiger partial charge in [-0.15, -0.1) is 0 Å². The van der Waals surface area contributed by atoms with Crippen molar-refractivity contribution >= 4 is 34.1 Å². The van der Waals surface area contributed by atoms with Crippen molar-refractivity contribution in [3.8, 4) is 0 Å². The lowest BCUT2D eigenvalue weighted by molar-refractivity contribution is -0.124. The van der Waals surface area contributed by atoms with Gasteiger partial charge >= 0.3 is 0 Å².